The first kappa shape index (κ1) is 20.8. The Bertz CT molecular complexity index is 1190. The van der Waals surface area contributed by atoms with Crippen molar-refractivity contribution in [2.75, 3.05) is 11.9 Å². The van der Waals surface area contributed by atoms with Crippen molar-refractivity contribution in [2.45, 2.75) is 6.54 Å². The van der Waals surface area contributed by atoms with Crippen LogP contribution in [0.25, 0.3) is 5.57 Å². The van der Waals surface area contributed by atoms with Crippen LogP contribution >= 0.6 is 11.6 Å². The zero-order valence-corrected chi connectivity index (χ0v) is 17.2. The summed E-state index contributed by atoms with van der Waals surface area (Å²) in [6.07, 6.45) is 0. The third-order valence-corrected chi connectivity index (χ3v) is 5.24. The van der Waals surface area contributed by atoms with E-state index in [-0.39, 0.29) is 17.0 Å². The molecule has 1 aliphatic heterocycles. The van der Waals surface area contributed by atoms with Crippen molar-refractivity contribution in [3.8, 4) is 0 Å². The number of benzene rings is 3. The van der Waals surface area contributed by atoms with Crippen molar-refractivity contribution >= 4 is 34.7 Å². The number of halogens is 3. The van der Waals surface area contributed by atoms with Crippen molar-refractivity contribution in [2.24, 2.45) is 0 Å². The average molecular weight is 439 g/mol. The molecule has 1 aliphatic rings. The molecule has 1 heterocycles. The van der Waals surface area contributed by atoms with E-state index in [0.29, 0.717) is 23.2 Å². The first-order valence-corrected chi connectivity index (χ1v) is 9.83. The van der Waals surface area contributed by atoms with E-state index in [4.69, 9.17) is 11.6 Å². The number of hydrogen-bond donors (Lipinski definition) is 0. The third-order valence-electron chi connectivity index (χ3n) is 4.99. The molecule has 0 radical (unpaired) electrons. The highest BCUT2D eigenvalue weighted by atomic mass is 35.5. The Morgan fingerprint density at radius 2 is 1.58 bits per heavy atom. The van der Waals surface area contributed by atoms with E-state index < -0.39 is 23.4 Å². The van der Waals surface area contributed by atoms with Crippen molar-refractivity contribution in [3.63, 3.8) is 0 Å². The van der Waals surface area contributed by atoms with E-state index in [1.54, 1.807) is 36.2 Å². The van der Waals surface area contributed by atoms with E-state index in [2.05, 4.69) is 0 Å². The van der Waals surface area contributed by atoms with Crippen LogP contribution in [0.3, 0.4) is 0 Å². The van der Waals surface area contributed by atoms with Gasteiger partial charge in [-0.1, -0.05) is 54.1 Å². The fraction of sp³-hybridized carbons (Fsp3) is 0.0833. The third kappa shape index (κ3) is 3.94. The van der Waals surface area contributed by atoms with Gasteiger partial charge in [0, 0.05) is 24.7 Å². The van der Waals surface area contributed by atoms with Gasteiger partial charge in [0.15, 0.2) is 0 Å². The van der Waals surface area contributed by atoms with Crippen LogP contribution in [0, 0.1) is 11.6 Å². The summed E-state index contributed by atoms with van der Waals surface area (Å²) in [4.78, 5) is 29.1. The molecule has 3 aromatic rings. The van der Waals surface area contributed by atoms with Crippen LogP contribution in [0.4, 0.5) is 14.5 Å². The lowest BCUT2D eigenvalue weighted by molar-refractivity contribution is -0.120. The van der Waals surface area contributed by atoms with Gasteiger partial charge in [-0.25, -0.2) is 13.7 Å². The molecule has 31 heavy (non-hydrogen) atoms. The monoisotopic (exact) mass is 438 g/mol. The number of likely N-dealkylation sites (N-methyl/N-ethyl adjacent to an activating group) is 1. The Kier molecular flexibility index (Phi) is 5.57. The topological polar surface area (TPSA) is 40.6 Å². The number of rotatable bonds is 5. The van der Waals surface area contributed by atoms with Crippen LogP contribution in [0.5, 0.6) is 0 Å². The molecule has 0 saturated heterocycles. The Hall–Kier alpha value is -3.51. The van der Waals surface area contributed by atoms with Crippen molar-refractivity contribution < 1.29 is 18.4 Å². The smallest absolute Gasteiger partial charge is 0.282 e. The molecule has 3 aromatic carbocycles. The quantitative estimate of drug-likeness (QED) is 0.524. The minimum absolute atomic E-state index is 0.125. The van der Waals surface area contributed by atoms with Gasteiger partial charge >= 0.3 is 0 Å². The number of carbonyl (C=O) groups is 2. The predicted molar refractivity (Wildman–Crippen MR) is 115 cm³/mol. The summed E-state index contributed by atoms with van der Waals surface area (Å²) in [5.74, 6) is -3.16. The molecule has 156 valence electrons. The molecule has 0 bridgehead atoms. The summed E-state index contributed by atoms with van der Waals surface area (Å²) in [6.45, 7) is 0.353. The molecule has 0 fully saturated rings. The lowest BCUT2D eigenvalue weighted by Gasteiger charge is -2.22. The molecule has 0 N–H and O–H groups in total. The first-order chi connectivity index (χ1) is 14.9. The van der Waals surface area contributed by atoms with Gasteiger partial charge in [-0.2, -0.15) is 0 Å². The second-order valence-electron chi connectivity index (χ2n) is 7.11. The number of nitrogens with zero attached hydrogens (tertiary/aromatic N) is 2. The number of anilines is 1. The second kappa shape index (κ2) is 8.32. The maximum Gasteiger partial charge on any atom is 0.282 e. The van der Waals surface area contributed by atoms with E-state index in [1.165, 1.54) is 0 Å². The Labute approximate surface area is 183 Å². The van der Waals surface area contributed by atoms with Gasteiger partial charge in [-0.15, -0.1) is 0 Å². The Morgan fingerprint density at radius 3 is 2.23 bits per heavy atom. The van der Waals surface area contributed by atoms with Crippen LogP contribution in [0.1, 0.15) is 11.1 Å². The number of hydrogen-bond acceptors (Lipinski definition) is 3. The molecule has 0 unspecified atom stereocenters. The van der Waals surface area contributed by atoms with Crippen LogP contribution in [-0.2, 0) is 16.1 Å². The Balaban J connectivity index is 1.82. The molecule has 7 heteroatoms. The lowest BCUT2D eigenvalue weighted by atomic mass is 10.0. The lowest BCUT2D eigenvalue weighted by Crippen LogP contribution is -2.34. The summed E-state index contributed by atoms with van der Waals surface area (Å²) < 4.78 is 27.9. The van der Waals surface area contributed by atoms with E-state index in [1.807, 2.05) is 30.3 Å². The normalized spacial score (nSPS) is 13.9. The zero-order valence-electron chi connectivity index (χ0n) is 16.5. The number of carbonyl (C=O) groups excluding carboxylic acids is 2. The van der Waals surface area contributed by atoms with Gasteiger partial charge in [0.25, 0.3) is 11.8 Å². The molecule has 4 nitrogen and oxygen atoms in total. The molecular weight excluding hydrogens is 422 g/mol. The van der Waals surface area contributed by atoms with Gasteiger partial charge in [-0.3, -0.25) is 9.59 Å². The standard InChI is InChI=1S/C24H17ClF2N2O2/c1-28(14-15-5-3-2-4-6-15)22-21(16-7-9-17(25)10-8-16)23(30)29(24(22)31)20-12-11-18(26)13-19(20)27/h2-13H,14H2,1H3. The summed E-state index contributed by atoms with van der Waals surface area (Å²) in [6, 6.07) is 18.6. The summed E-state index contributed by atoms with van der Waals surface area (Å²) in [5.41, 5.74) is 1.36. The van der Waals surface area contributed by atoms with Gasteiger partial charge in [-0.05, 0) is 35.4 Å². The predicted octanol–water partition coefficient (Wildman–Crippen LogP) is 5.03. The number of amides is 2. The van der Waals surface area contributed by atoms with Crippen LogP contribution in [-0.4, -0.2) is 23.8 Å². The molecule has 2 amide bonds. The van der Waals surface area contributed by atoms with Crippen LogP contribution in [0.15, 0.2) is 78.5 Å². The molecule has 0 spiro atoms. The fourth-order valence-electron chi connectivity index (χ4n) is 3.57. The molecular formula is C24H17ClF2N2O2. The number of imide groups is 1. The molecule has 0 saturated carbocycles. The highest BCUT2D eigenvalue weighted by Gasteiger charge is 2.42. The van der Waals surface area contributed by atoms with Crippen molar-refractivity contribution in [1.29, 1.82) is 0 Å². The van der Waals surface area contributed by atoms with E-state index in [0.717, 1.165) is 22.6 Å². The SMILES string of the molecule is CN(Cc1ccccc1)C1=C(c2ccc(Cl)cc2)C(=O)N(c2ccc(F)cc2F)C1=O. The largest absolute Gasteiger partial charge is 0.365 e. The highest BCUT2D eigenvalue weighted by molar-refractivity contribution is 6.45. The molecule has 4 rings (SSSR count). The van der Waals surface area contributed by atoms with Gasteiger partial charge in [0.05, 0.1) is 11.3 Å². The maximum absolute atomic E-state index is 14.5. The van der Waals surface area contributed by atoms with Gasteiger partial charge in [0.2, 0.25) is 0 Å². The fourth-order valence-corrected chi connectivity index (χ4v) is 3.69. The Morgan fingerprint density at radius 1 is 0.903 bits per heavy atom. The second-order valence-corrected chi connectivity index (χ2v) is 7.55. The highest BCUT2D eigenvalue weighted by Crippen LogP contribution is 2.36. The summed E-state index contributed by atoms with van der Waals surface area (Å²) >= 11 is 5.98. The minimum atomic E-state index is -0.996. The average Bonchev–Trinajstić information content (AvgIpc) is 3.00. The van der Waals surface area contributed by atoms with Crippen LogP contribution < -0.4 is 4.90 Å². The molecule has 0 atom stereocenters. The van der Waals surface area contributed by atoms with Crippen molar-refractivity contribution in [3.05, 3.63) is 106 Å². The van der Waals surface area contributed by atoms with Gasteiger partial charge < -0.3 is 4.90 Å². The van der Waals surface area contributed by atoms with Crippen molar-refractivity contribution in [1.82, 2.24) is 4.90 Å². The molecule has 0 aromatic heterocycles. The zero-order chi connectivity index (χ0) is 22.1. The van der Waals surface area contributed by atoms with Crippen LogP contribution in [0.2, 0.25) is 5.02 Å². The van der Waals surface area contributed by atoms with Gasteiger partial charge in [0.1, 0.15) is 17.3 Å². The first-order valence-electron chi connectivity index (χ1n) is 9.46. The summed E-state index contributed by atoms with van der Waals surface area (Å²) in [5, 5.41) is 0.474. The maximum atomic E-state index is 14.5. The molecule has 0 aliphatic carbocycles. The minimum Gasteiger partial charge on any atom is -0.365 e. The van der Waals surface area contributed by atoms with E-state index >= 15 is 0 Å². The summed E-state index contributed by atoms with van der Waals surface area (Å²) in [7, 11) is 1.69. The van der Waals surface area contributed by atoms with E-state index in [9.17, 15) is 18.4 Å².